The number of carbonyl (C=O) groups is 1. The number of aliphatic imine (C=N–C) groups is 1. The van der Waals surface area contributed by atoms with Crippen LogP contribution in [0.15, 0.2) is 71.4 Å². The minimum absolute atomic E-state index is 0.124. The van der Waals surface area contributed by atoms with Crippen LogP contribution >= 0.6 is 0 Å². The molecular formula is C27H33N3O2. The Morgan fingerprint density at radius 2 is 1.84 bits per heavy atom. The molecule has 0 radical (unpaired) electrons. The molecule has 1 saturated heterocycles. The van der Waals surface area contributed by atoms with E-state index in [1.165, 1.54) is 5.56 Å². The maximum atomic E-state index is 12.8. The van der Waals surface area contributed by atoms with E-state index in [4.69, 9.17) is 0 Å². The van der Waals surface area contributed by atoms with Crippen LogP contribution < -0.4 is 5.32 Å². The van der Waals surface area contributed by atoms with Crippen molar-refractivity contribution < 1.29 is 9.90 Å². The van der Waals surface area contributed by atoms with E-state index in [2.05, 4.69) is 42.4 Å². The van der Waals surface area contributed by atoms with Crippen LogP contribution in [0, 0.1) is 0 Å². The van der Waals surface area contributed by atoms with Crippen molar-refractivity contribution in [2.24, 2.45) is 4.99 Å². The second-order valence-corrected chi connectivity index (χ2v) is 9.18. The maximum Gasteiger partial charge on any atom is 0.223 e. The van der Waals surface area contributed by atoms with Crippen LogP contribution in [0.25, 0.3) is 0 Å². The molecule has 2 N–H and O–H groups in total. The zero-order valence-corrected chi connectivity index (χ0v) is 19.0. The number of likely N-dealkylation sites (tertiary alicyclic amines) is 1. The molecule has 168 valence electrons. The van der Waals surface area contributed by atoms with E-state index in [1.54, 1.807) is 0 Å². The number of para-hydroxylation sites is 1. The van der Waals surface area contributed by atoms with Crippen molar-refractivity contribution in [1.82, 2.24) is 4.90 Å². The fourth-order valence-corrected chi connectivity index (χ4v) is 4.56. The van der Waals surface area contributed by atoms with Crippen LogP contribution in [0.4, 0.5) is 5.69 Å². The monoisotopic (exact) mass is 431 g/mol. The molecule has 32 heavy (non-hydrogen) atoms. The number of piperidine rings is 1. The summed E-state index contributed by atoms with van der Waals surface area (Å²) < 4.78 is 0. The predicted molar refractivity (Wildman–Crippen MR) is 130 cm³/mol. The summed E-state index contributed by atoms with van der Waals surface area (Å²) >= 11 is 0. The van der Waals surface area contributed by atoms with Crippen molar-refractivity contribution in [3.05, 3.63) is 77.5 Å². The van der Waals surface area contributed by atoms with E-state index in [0.717, 1.165) is 16.9 Å². The van der Waals surface area contributed by atoms with Crippen molar-refractivity contribution in [1.29, 1.82) is 0 Å². The first kappa shape index (κ1) is 22.3. The molecule has 2 aromatic carbocycles. The van der Waals surface area contributed by atoms with Crippen molar-refractivity contribution >= 4 is 17.8 Å². The largest absolute Gasteiger partial charge is 0.389 e. The van der Waals surface area contributed by atoms with Gasteiger partial charge in [0.15, 0.2) is 0 Å². The van der Waals surface area contributed by atoms with Gasteiger partial charge in [-0.3, -0.25) is 9.79 Å². The Balaban J connectivity index is 1.34. The minimum atomic E-state index is -0.800. The lowest BCUT2D eigenvalue weighted by Crippen LogP contribution is -2.48. The van der Waals surface area contributed by atoms with Gasteiger partial charge in [0.25, 0.3) is 0 Å². The van der Waals surface area contributed by atoms with E-state index in [-0.39, 0.29) is 17.9 Å². The number of allylic oxidation sites excluding steroid dienone is 1. The fraction of sp³-hybridized carbons (Fsp3) is 0.407. The summed E-state index contributed by atoms with van der Waals surface area (Å²) in [6, 6.07) is 18.4. The van der Waals surface area contributed by atoms with Gasteiger partial charge >= 0.3 is 0 Å². The Bertz CT molecular complexity index is 991. The molecule has 4 rings (SSSR count). The predicted octanol–water partition coefficient (Wildman–Crippen LogP) is 4.55. The molecule has 5 heteroatoms. The zero-order valence-electron chi connectivity index (χ0n) is 19.0. The molecule has 2 heterocycles. The minimum Gasteiger partial charge on any atom is -0.389 e. The Hall–Kier alpha value is -2.92. The van der Waals surface area contributed by atoms with Gasteiger partial charge in [-0.15, -0.1) is 0 Å². The van der Waals surface area contributed by atoms with Gasteiger partial charge in [-0.05, 0) is 49.0 Å². The highest BCUT2D eigenvalue weighted by molar-refractivity contribution is 5.78. The van der Waals surface area contributed by atoms with Crippen LogP contribution in [0.5, 0.6) is 0 Å². The van der Waals surface area contributed by atoms with Crippen LogP contribution in [0.3, 0.4) is 0 Å². The second-order valence-electron chi connectivity index (χ2n) is 9.18. The number of nitrogens with one attached hydrogen (secondary N) is 1. The molecule has 0 bridgehead atoms. The van der Waals surface area contributed by atoms with Crippen molar-refractivity contribution in [2.75, 3.05) is 18.4 Å². The number of anilines is 1. The summed E-state index contributed by atoms with van der Waals surface area (Å²) in [5.74, 6) is 0.367. The average Bonchev–Trinajstić information content (AvgIpc) is 3.20. The molecule has 0 aliphatic carbocycles. The number of hydrogen-bond acceptors (Lipinski definition) is 4. The van der Waals surface area contributed by atoms with Crippen LogP contribution in [0.2, 0.25) is 0 Å². The van der Waals surface area contributed by atoms with Crippen LogP contribution in [-0.2, 0) is 11.2 Å². The standard InChI is InChI=1S/C27H33N3O2/c1-20(22-8-4-3-5-9-22)18-26(31)30-16-13-27(32,14-17-30)19-23-10-6-7-11-25(23)29-24-12-15-28-21(24)2/h3-12,15,20-21,29,32H,13-14,16-19H2,1-2H3/t20?,21-/m1/s1. The summed E-state index contributed by atoms with van der Waals surface area (Å²) in [7, 11) is 0. The molecule has 0 spiro atoms. The highest BCUT2D eigenvalue weighted by Gasteiger charge is 2.35. The lowest BCUT2D eigenvalue weighted by Gasteiger charge is -2.39. The van der Waals surface area contributed by atoms with Crippen molar-refractivity contribution in [3.8, 4) is 0 Å². The average molecular weight is 432 g/mol. The lowest BCUT2D eigenvalue weighted by atomic mass is 9.84. The van der Waals surface area contributed by atoms with Gasteiger partial charge in [0.2, 0.25) is 5.91 Å². The van der Waals surface area contributed by atoms with E-state index < -0.39 is 5.60 Å². The topological polar surface area (TPSA) is 64.9 Å². The van der Waals surface area contributed by atoms with Gasteiger partial charge in [-0.1, -0.05) is 55.5 Å². The molecule has 5 nitrogen and oxygen atoms in total. The summed E-state index contributed by atoms with van der Waals surface area (Å²) in [5, 5.41) is 14.8. The van der Waals surface area contributed by atoms with Gasteiger partial charge in [0, 0.05) is 43.5 Å². The number of rotatable bonds is 7. The zero-order chi connectivity index (χ0) is 22.6. The summed E-state index contributed by atoms with van der Waals surface area (Å²) in [6.45, 7) is 5.36. The molecule has 0 aromatic heterocycles. The number of hydrogen-bond donors (Lipinski definition) is 2. The first-order chi connectivity index (χ1) is 15.4. The number of carbonyl (C=O) groups excluding carboxylic acids is 1. The van der Waals surface area contributed by atoms with Crippen molar-refractivity contribution in [2.45, 2.75) is 57.1 Å². The van der Waals surface area contributed by atoms with Gasteiger partial charge in [-0.25, -0.2) is 0 Å². The van der Waals surface area contributed by atoms with Gasteiger partial charge in [-0.2, -0.15) is 0 Å². The van der Waals surface area contributed by atoms with Crippen LogP contribution in [-0.4, -0.2) is 46.9 Å². The second kappa shape index (κ2) is 9.70. The van der Waals surface area contributed by atoms with Gasteiger partial charge in [0.1, 0.15) is 0 Å². The highest BCUT2D eigenvalue weighted by Crippen LogP contribution is 2.31. The van der Waals surface area contributed by atoms with E-state index in [0.29, 0.717) is 38.8 Å². The molecule has 1 amide bonds. The van der Waals surface area contributed by atoms with E-state index in [9.17, 15) is 9.90 Å². The lowest BCUT2D eigenvalue weighted by molar-refractivity contribution is -0.135. The first-order valence-electron chi connectivity index (χ1n) is 11.6. The summed E-state index contributed by atoms with van der Waals surface area (Å²) in [4.78, 5) is 19.1. The molecule has 2 aliphatic heterocycles. The van der Waals surface area contributed by atoms with Crippen LogP contribution in [0.1, 0.15) is 50.2 Å². The van der Waals surface area contributed by atoms with Crippen molar-refractivity contribution in [3.63, 3.8) is 0 Å². The van der Waals surface area contributed by atoms with Gasteiger partial charge < -0.3 is 15.3 Å². The molecule has 1 fully saturated rings. The quantitative estimate of drug-likeness (QED) is 0.676. The Kier molecular flexibility index (Phi) is 6.75. The van der Waals surface area contributed by atoms with Gasteiger partial charge in [0.05, 0.1) is 11.6 Å². The Morgan fingerprint density at radius 1 is 1.16 bits per heavy atom. The maximum absolute atomic E-state index is 12.8. The Labute approximate surface area is 190 Å². The molecule has 1 unspecified atom stereocenters. The summed E-state index contributed by atoms with van der Waals surface area (Å²) in [6.07, 6.45) is 6.08. The third kappa shape index (κ3) is 5.28. The molecule has 2 aromatic rings. The fourth-order valence-electron chi connectivity index (χ4n) is 4.56. The van der Waals surface area contributed by atoms with E-state index in [1.807, 2.05) is 53.6 Å². The van der Waals surface area contributed by atoms with E-state index >= 15 is 0 Å². The third-order valence-corrected chi connectivity index (χ3v) is 6.73. The number of amides is 1. The molecule has 0 saturated carbocycles. The first-order valence-corrected chi connectivity index (χ1v) is 11.6. The third-order valence-electron chi connectivity index (χ3n) is 6.73. The smallest absolute Gasteiger partial charge is 0.223 e. The SMILES string of the molecule is CC(CC(=O)N1CCC(O)(Cc2ccccc2NC2=CC=N[C@@H]2C)CC1)c1ccccc1. The number of benzene rings is 2. The normalized spacial score (nSPS) is 20.7. The Morgan fingerprint density at radius 3 is 2.53 bits per heavy atom. The molecule has 2 atom stereocenters. The highest BCUT2D eigenvalue weighted by atomic mass is 16.3. The molecular weight excluding hydrogens is 398 g/mol. The molecule has 2 aliphatic rings. The summed E-state index contributed by atoms with van der Waals surface area (Å²) in [5.41, 5.74) is 3.56. The number of aliphatic hydroxyl groups is 1. The number of nitrogens with zero attached hydrogens (tertiary/aromatic N) is 2.